The van der Waals surface area contributed by atoms with Crippen LogP contribution in [0.15, 0.2) is 30.6 Å². The summed E-state index contributed by atoms with van der Waals surface area (Å²) in [6, 6.07) is 8.03. The number of carbonyl (C=O) groups excluding carboxylic acids is 2. The van der Waals surface area contributed by atoms with Gasteiger partial charge in [0, 0.05) is 30.1 Å². The molecule has 2 atom stereocenters. The molecule has 0 saturated carbocycles. The average molecular weight is 447 g/mol. The molecular formula is C24H26N6O3. The molecule has 2 amide bonds. The number of amides is 2. The van der Waals surface area contributed by atoms with E-state index in [1.165, 1.54) is 0 Å². The van der Waals surface area contributed by atoms with Crippen molar-refractivity contribution < 1.29 is 14.3 Å². The average Bonchev–Trinajstić information content (AvgIpc) is 3.53. The number of piperidine rings is 1. The minimum absolute atomic E-state index is 0.0498. The van der Waals surface area contributed by atoms with E-state index in [4.69, 9.17) is 9.72 Å². The van der Waals surface area contributed by atoms with Crippen molar-refractivity contribution in [2.24, 2.45) is 5.92 Å². The van der Waals surface area contributed by atoms with Gasteiger partial charge in [0.25, 0.3) is 0 Å². The molecule has 2 fully saturated rings. The zero-order chi connectivity index (χ0) is 22.6. The largest absolute Gasteiger partial charge is 0.473 e. The van der Waals surface area contributed by atoms with Crippen LogP contribution in [-0.4, -0.2) is 52.5 Å². The van der Waals surface area contributed by atoms with Crippen LogP contribution in [0.1, 0.15) is 31.7 Å². The van der Waals surface area contributed by atoms with Gasteiger partial charge in [0.15, 0.2) is 5.52 Å². The number of carbonyl (C=O) groups is 2. The van der Waals surface area contributed by atoms with Crippen molar-refractivity contribution in [1.29, 1.82) is 0 Å². The van der Waals surface area contributed by atoms with Crippen molar-refractivity contribution in [3.63, 3.8) is 0 Å². The maximum atomic E-state index is 12.9. The molecule has 9 nitrogen and oxygen atoms in total. The van der Waals surface area contributed by atoms with Gasteiger partial charge in [-0.2, -0.15) is 0 Å². The Morgan fingerprint density at radius 3 is 2.82 bits per heavy atom. The first-order valence-electron chi connectivity index (χ1n) is 11.5. The Kier molecular flexibility index (Phi) is 4.62. The van der Waals surface area contributed by atoms with Gasteiger partial charge in [-0.1, -0.05) is 12.1 Å². The van der Waals surface area contributed by atoms with Crippen molar-refractivity contribution in [3.05, 3.63) is 36.2 Å². The number of aromatic nitrogens is 3. The van der Waals surface area contributed by atoms with E-state index in [9.17, 15) is 9.59 Å². The van der Waals surface area contributed by atoms with Gasteiger partial charge in [0.2, 0.25) is 17.7 Å². The summed E-state index contributed by atoms with van der Waals surface area (Å²) in [6.07, 6.45) is 3.49. The van der Waals surface area contributed by atoms with E-state index in [-0.39, 0.29) is 23.8 Å². The minimum Gasteiger partial charge on any atom is -0.473 e. The number of pyridine rings is 1. The van der Waals surface area contributed by atoms with E-state index in [0.717, 1.165) is 54.0 Å². The first-order chi connectivity index (χ1) is 16.0. The highest BCUT2D eigenvalue weighted by molar-refractivity contribution is 6.07. The first-order valence-corrected chi connectivity index (χ1v) is 11.5. The molecule has 170 valence electrons. The van der Waals surface area contributed by atoms with E-state index in [1.807, 2.05) is 25.1 Å². The number of hydrogen-bond donors (Lipinski definition) is 4. The topological polar surface area (TPSA) is 121 Å². The Morgan fingerprint density at radius 1 is 1.18 bits per heavy atom. The molecule has 1 spiro atoms. The smallest absolute Gasteiger partial charge is 0.243 e. The quantitative estimate of drug-likeness (QED) is 0.487. The SMILES string of the molecule is C[C@@H](Oc1nc(-c2ccc3c(c2)NC(=O)C32CCNCC2)cc2[nH]cnc12)[C@H]1CNC(=O)C1. The maximum absolute atomic E-state index is 12.9. The van der Waals surface area contributed by atoms with Crippen LogP contribution in [0.25, 0.3) is 22.3 Å². The molecule has 2 saturated heterocycles. The lowest BCUT2D eigenvalue weighted by atomic mass is 9.74. The van der Waals surface area contributed by atoms with Crippen molar-refractivity contribution in [2.75, 3.05) is 25.0 Å². The normalized spacial score (nSPS) is 22.3. The summed E-state index contributed by atoms with van der Waals surface area (Å²) in [7, 11) is 0. The Bertz CT molecular complexity index is 1260. The number of H-pyrrole nitrogens is 1. The Hall–Kier alpha value is -3.46. The fourth-order valence-corrected chi connectivity index (χ4v) is 5.32. The summed E-state index contributed by atoms with van der Waals surface area (Å²) in [4.78, 5) is 36.8. The first kappa shape index (κ1) is 20.2. The van der Waals surface area contributed by atoms with E-state index in [1.54, 1.807) is 6.33 Å². The van der Waals surface area contributed by atoms with E-state index in [2.05, 4.69) is 32.0 Å². The van der Waals surface area contributed by atoms with Crippen LogP contribution in [0.5, 0.6) is 5.88 Å². The lowest BCUT2D eigenvalue weighted by Gasteiger charge is -2.32. The van der Waals surface area contributed by atoms with Crippen molar-refractivity contribution in [3.8, 4) is 17.1 Å². The second-order valence-electron chi connectivity index (χ2n) is 9.25. The number of anilines is 1. The molecule has 3 aliphatic heterocycles. The molecule has 1 aromatic carbocycles. The van der Waals surface area contributed by atoms with Gasteiger partial charge < -0.3 is 25.7 Å². The van der Waals surface area contributed by atoms with Crippen LogP contribution >= 0.6 is 0 Å². The highest BCUT2D eigenvalue weighted by Gasteiger charge is 2.47. The summed E-state index contributed by atoms with van der Waals surface area (Å²) in [5.41, 5.74) is 4.61. The monoisotopic (exact) mass is 446 g/mol. The molecule has 6 rings (SSSR count). The molecule has 0 aliphatic carbocycles. The summed E-state index contributed by atoms with van der Waals surface area (Å²) in [6.45, 7) is 4.24. The number of benzene rings is 1. The zero-order valence-electron chi connectivity index (χ0n) is 18.4. The maximum Gasteiger partial charge on any atom is 0.243 e. The predicted octanol–water partition coefficient (Wildman–Crippen LogP) is 2.10. The number of aromatic amines is 1. The lowest BCUT2D eigenvalue weighted by molar-refractivity contribution is -0.122. The van der Waals surface area contributed by atoms with E-state index < -0.39 is 5.41 Å². The minimum atomic E-state index is -0.434. The third-order valence-electron chi connectivity index (χ3n) is 7.32. The van der Waals surface area contributed by atoms with Crippen molar-refractivity contribution >= 4 is 28.5 Å². The van der Waals surface area contributed by atoms with Crippen molar-refractivity contribution in [1.82, 2.24) is 25.6 Å². The second-order valence-corrected chi connectivity index (χ2v) is 9.25. The van der Waals surface area contributed by atoms with Gasteiger partial charge in [-0.15, -0.1) is 0 Å². The fourth-order valence-electron chi connectivity index (χ4n) is 5.32. The molecule has 0 radical (unpaired) electrons. The van der Waals surface area contributed by atoms with Crippen LogP contribution in [0.4, 0.5) is 5.69 Å². The Morgan fingerprint density at radius 2 is 2.03 bits per heavy atom. The molecular weight excluding hydrogens is 420 g/mol. The van der Waals surface area contributed by atoms with Gasteiger partial charge in [0.05, 0.1) is 23.0 Å². The number of hydrogen-bond acceptors (Lipinski definition) is 6. The van der Waals surface area contributed by atoms with Crippen LogP contribution in [0.2, 0.25) is 0 Å². The van der Waals surface area contributed by atoms with Gasteiger partial charge >= 0.3 is 0 Å². The van der Waals surface area contributed by atoms with Crippen LogP contribution in [0.3, 0.4) is 0 Å². The van der Waals surface area contributed by atoms with Crippen molar-refractivity contribution in [2.45, 2.75) is 37.7 Å². The molecule has 0 unspecified atom stereocenters. The number of nitrogens with zero attached hydrogens (tertiary/aromatic N) is 2. The van der Waals surface area contributed by atoms with Crippen LogP contribution in [0, 0.1) is 5.92 Å². The van der Waals surface area contributed by atoms with Gasteiger partial charge in [0.1, 0.15) is 6.10 Å². The molecule has 33 heavy (non-hydrogen) atoms. The third-order valence-corrected chi connectivity index (χ3v) is 7.32. The second kappa shape index (κ2) is 7.55. The Balaban J connectivity index is 1.35. The number of imidazole rings is 1. The molecule has 2 aromatic heterocycles. The summed E-state index contributed by atoms with van der Waals surface area (Å²) < 4.78 is 6.22. The number of rotatable bonds is 4. The summed E-state index contributed by atoms with van der Waals surface area (Å²) >= 11 is 0. The number of fused-ring (bicyclic) bond motifs is 3. The highest BCUT2D eigenvalue weighted by atomic mass is 16.5. The third kappa shape index (κ3) is 3.26. The van der Waals surface area contributed by atoms with Gasteiger partial charge in [-0.05, 0) is 50.6 Å². The molecule has 9 heteroatoms. The molecule has 0 bridgehead atoms. The Labute approximate surface area is 190 Å². The lowest BCUT2D eigenvalue weighted by Crippen LogP contribution is -2.44. The summed E-state index contributed by atoms with van der Waals surface area (Å²) in [5.74, 6) is 0.669. The van der Waals surface area contributed by atoms with E-state index in [0.29, 0.717) is 24.4 Å². The summed E-state index contributed by atoms with van der Waals surface area (Å²) in [5, 5.41) is 9.31. The molecule has 5 heterocycles. The standard InChI is InChI=1S/C24H26N6O3/c1-13(15-9-20(31)26-11-15)33-22-21-19(27-12-28-21)10-17(29-22)14-2-3-16-18(8-14)30-23(32)24(16)4-6-25-7-5-24/h2-3,8,10,12-13,15,25H,4-7,9,11H2,1H3,(H,26,31)(H,27,28)(H,30,32)/t13-,15-/m1/s1. The van der Waals surface area contributed by atoms with E-state index >= 15 is 0 Å². The molecule has 3 aromatic rings. The predicted molar refractivity (Wildman–Crippen MR) is 123 cm³/mol. The number of ether oxygens (including phenoxy) is 1. The van der Waals surface area contributed by atoms with Gasteiger partial charge in [-0.3, -0.25) is 9.59 Å². The zero-order valence-corrected chi connectivity index (χ0v) is 18.4. The fraction of sp³-hybridized carbons (Fsp3) is 0.417. The number of nitrogens with one attached hydrogen (secondary N) is 4. The van der Waals surface area contributed by atoms with Crippen LogP contribution < -0.4 is 20.7 Å². The molecule has 3 aliphatic rings. The van der Waals surface area contributed by atoms with Gasteiger partial charge in [-0.25, -0.2) is 9.97 Å². The highest BCUT2D eigenvalue weighted by Crippen LogP contribution is 2.45. The molecule has 4 N–H and O–H groups in total. The van der Waals surface area contributed by atoms with Crippen LogP contribution in [-0.2, 0) is 15.0 Å².